The predicted octanol–water partition coefficient (Wildman–Crippen LogP) is 0.850. The van der Waals surface area contributed by atoms with E-state index in [-0.39, 0.29) is 11.8 Å². The summed E-state index contributed by atoms with van der Waals surface area (Å²) in [6, 6.07) is 9.75. The van der Waals surface area contributed by atoms with Crippen molar-refractivity contribution in [2.24, 2.45) is 11.7 Å². The van der Waals surface area contributed by atoms with Gasteiger partial charge in [0.15, 0.2) is 0 Å². The first-order chi connectivity index (χ1) is 9.76. The number of nitriles is 1. The molecule has 5 nitrogen and oxygen atoms in total. The van der Waals surface area contributed by atoms with Crippen LogP contribution in [0.5, 0.6) is 0 Å². The van der Waals surface area contributed by atoms with E-state index in [1.165, 1.54) is 0 Å². The van der Waals surface area contributed by atoms with Gasteiger partial charge in [-0.2, -0.15) is 5.26 Å². The Hall–Kier alpha value is -2.06. The average Bonchev–Trinajstić information content (AvgIpc) is 2.52. The Morgan fingerprint density at radius 1 is 1.50 bits per heavy atom. The maximum absolute atomic E-state index is 12.0. The van der Waals surface area contributed by atoms with Gasteiger partial charge in [0.25, 0.3) is 0 Å². The number of anilines is 1. The van der Waals surface area contributed by atoms with Crippen molar-refractivity contribution in [1.29, 1.82) is 5.26 Å². The quantitative estimate of drug-likeness (QED) is 0.851. The van der Waals surface area contributed by atoms with Crippen molar-refractivity contribution in [2.75, 3.05) is 31.1 Å². The number of carbonyl (C=O) groups excluding carboxylic acids is 1. The topological polar surface area (TPSA) is 82.2 Å². The number of nitrogens with zero attached hydrogens (tertiary/aromatic N) is 2. The highest BCUT2D eigenvalue weighted by atomic mass is 16.1. The smallest absolute Gasteiger partial charge is 0.224 e. The molecule has 1 aliphatic heterocycles. The first-order valence-corrected chi connectivity index (χ1v) is 6.98. The molecular weight excluding hydrogens is 252 g/mol. The molecule has 2 rings (SSSR count). The molecule has 0 bridgehead atoms. The lowest BCUT2D eigenvalue weighted by Gasteiger charge is -2.34. The summed E-state index contributed by atoms with van der Waals surface area (Å²) in [5.74, 6) is 0.0386. The van der Waals surface area contributed by atoms with Gasteiger partial charge in [0.05, 0.1) is 17.2 Å². The molecule has 0 spiro atoms. The lowest BCUT2D eigenvalue weighted by Crippen LogP contribution is -2.44. The third kappa shape index (κ3) is 3.28. The van der Waals surface area contributed by atoms with Gasteiger partial charge in [-0.3, -0.25) is 4.79 Å². The first kappa shape index (κ1) is 14.4. The highest BCUT2D eigenvalue weighted by molar-refractivity contribution is 5.79. The van der Waals surface area contributed by atoms with Crippen LogP contribution in [-0.2, 0) is 4.79 Å². The molecule has 0 aliphatic carbocycles. The standard InChI is InChI=1S/C15H20N4O/c16-7-8-18-15(20)13-5-3-9-19(11-13)14-6-2-1-4-12(14)10-17/h1-2,4,6,13H,3,5,7-9,11,16H2,(H,18,20). The van der Waals surface area contributed by atoms with Gasteiger partial charge in [-0.1, -0.05) is 12.1 Å². The van der Waals surface area contributed by atoms with E-state index in [4.69, 9.17) is 5.73 Å². The van der Waals surface area contributed by atoms with Crippen LogP contribution in [0.3, 0.4) is 0 Å². The number of benzene rings is 1. The molecule has 5 heteroatoms. The summed E-state index contributed by atoms with van der Waals surface area (Å²) in [7, 11) is 0. The lowest BCUT2D eigenvalue weighted by atomic mass is 9.96. The Morgan fingerprint density at radius 3 is 3.05 bits per heavy atom. The van der Waals surface area contributed by atoms with Gasteiger partial charge < -0.3 is 16.0 Å². The normalized spacial score (nSPS) is 18.4. The van der Waals surface area contributed by atoms with Gasteiger partial charge in [0.2, 0.25) is 5.91 Å². The SMILES string of the molecule is N#Cc1ccccc1N1CCCC(C(=O)NCCN)C1. The maximum atomic E-state index is 12.0. The van der Waals surface area contributed by atoms with Gasteiger partial charge in [-0.05, 0) is 25.0 Å². The van der Waals surface area contributed by atoms with E-state index in [1.807, 2.05) is 24.3 Å². The van der Waals surface area contributed by atoms with E-state index in [0.29, 0.717) is 25.2 Å². The van der Waals surface area contributed by atoms with Crippen LogP contribution >= 0.6 is 0 Å². The number of nitrogens with one attached hydrogen (secondary N) is 1. The van der Waals surface area contributed by atoms with Crippen molar-refractivity contribution in [3.8, 4) is 6.07 Å². The van der Waals surface area contributed by atoms with Crippen molar-refractivity contribution in [3.05, 3.63) is 29.8 Å². The van der Waals surface area contributed by atoms with Crippen LogP contribution in [0.15, 0.2) is 24.3 Å². The highest BCUT2D eigenvalue weighted by Crippen LogP contribution is 2.26. The Bertz CT molecular complexity index is 509. The van der Waals surface area contributed by atoms with Crippen molar-refractivity contribution >= 4 is 11.6 Å². The van der Waals surface area contributed by atoms with Gasteiger partial charge >= 0.3 is 0 Å². The van der Waals surface area contributed by atoms with E-state index in [9.17, 15) is 10.1 Å². The number of rotatable bonds is 4. The molecule has 1 atom stereocenters. The van der Waals surface area contributed by atoms with Gasteiger partial charge in [-0.15, -0.1) is 0 Å². The minimum atomic E-state index is -0.0259. The van der Waals surface area contributed by atoms with E-state index >= 15 is 0 Å². The number of piperidine rings is 1. The second kappa shape index (κ2) is 6.92. The number of para-hydroxylation sites is 1. The number of hydrogen-bond donors (Lipinski definition) is 2. The molecule has 1 unspecified atom stereocenters. The van der Waals surface area contributed by atoms with E-state index in [1.54, 1.807) is 0 Å². The number of amides is 1. The van der Waals surface area contributed by atoms with Gasteiger partial charge in [0, 0.05) is 26.2 Å². The van der Waals surface area contributed by atoms with Crippen LogP contribution in [0.1, 0.15) is 18.4 Å². The van der Waals surface area contributed by atoms with E-state index in [2.05, 4.69) is 16.3 Å². The van der Waals surface area contributed by atoms with Gasteiger partial charge in [0.1, 0.15) is 6.07 Å². The number of carbonyl (C=O) groups is 1. The average molecular weight is 272 g/mol. The fraction of sp³-hybridized carbons (Fsp3) is 0.467. The van der Waals surface area contributed by atoms with Crippen LogP contribution in [-0.4, -0.2) is 32.1 Å². The summed E-state index contributed by atoms with van der Waals surface area (Å²) in [6.07, 6.45) is 1.85. The molecule has 1 aromatic rings. The molecule has 1 heterocycles. The molecule has 1 fully saturated rings. The fourth-order valence-corrected chi connectivity index (χ4v) is 2.59. The maximum Gasteiger partial charge on any atom is 0.224 e. The third-order valence-corrected chi connectivity index (χ3v) is 3.60. The summed E-state index contributed by atoms with van der Waals surface area (Å²) in [5.41, 5.74) is 6.99. The Kier molecular flexibility index (Phi) is 4.97. The molecule has 1 amide bonds. The molecule has 1 aromatic carbocycles. The molecule has 1 aliphatic rings. The second-order valence-electron chi connectivity index (χ2n) is 4.99. The Balaban J connectivity index is 2.07. The Labute approximate surface area is 119 Å². The predicted molar refractivity (Wildman–Crippen MR) is 78.2 cm³/mol. The molecule has 3 N–H and O–H groups in total. The summed E-state index contributed by atoms with van der Waals surface area (Å²) in [6.45, 7) is 2.53. The van der Waals surface area contributed by atoms with Gasteiger partial charge in [-0.25, -0.2) is 0 Å². The summed E-state index contributed by atoms with van der Waals surface area (Å²) in [4.78, 5) is 14.2. The summed E-state index contributed by atoms with van der Waals surface area (Å²) in [5, 5.41) is 12.0. The van der Waals surface area contributed by atoms with Crippen molar-refractivity contribution in [3.63, 3.8) is 0 Å². The zero-order valence-corrected chi connectivity index (χ0v) is 11.5. The molecule has 20 heavy (non-hydrogen) atoms. The minimum Gasteiger partial charge on any atom is -0.370 e. The van der Waals surface area contributed by atoms with Crippen LogP contribution in [0.25, 0.3) is 0 Å². The molecule has 0 aromatic heterocycles. The van der Waals surface area contributed by atoms with E-state index < -0.39 is 0 Å². The fourth-order valence-electron chi connectivity index (χ4n) is 2.59. The first-order valence-electron chi connectivity index (χ1n) is 6.98. The van der Waals surface area contributed by atoms with Crippen LogP contribution in [0.4, 0.5) is 5.69 Å². The number of nitrogens with two attached hydrogens (primary N) is 1. The van der Waals surface area contributed by atoms with E-state index in [0.717, 1.165) is 25.1 Å². The van der Waals surface area contributed by atoms with Crippen LogP contribution in [0, 0.1) is 17.2 Å². The molecule has 0 saturated carbocycles. The minimum absolute atomic E-state index is 0.0259. The Morgan fingerprint density at radius 2 is 2.30 bits per heavy atom. The number of hydrogen-bond acceptors (Lipinski definition) is 4. The zero-order chi connectivity index (χ0) is 14.4. The lowest BCUT2D eigenvalue weighted by molar-refractivity contribution is -0.125. The van der Waals surface area contributed by atoms with Crippen molar-refractivity contribution in [1.82, 2.24) is 5.32 Å². The monoisotopic (exact) mass is 272 g/mol. The highest BCUT2D eigenvalue weighted by Gasteiger charge is 2.26. The second-order valence-corrected chi connectivity index (χ2v) is 4.99. The molecule has 106 valence electrons. The third-order valence-electron chi connectivity index (χ3n) is 3.60. The van der Waals surface area contributed by atoms with Crippen LogP contribution in [0.2, 0.25) is 0 Å². The largest absolute Gasteiger partial charge is 0.370 e. The zero-order valence-electron chi connectivity index (χ0n) is 11.5. The molecule has 0 radical (unpaired) electrons. The summed E-state index contributed by atoms with van der Waals surface area (Å²) < 4.78 is 0. The molecular formula is C15H20N4O. The van der Waals surface area contributed by atoms with Crippen molar-refractivity contribution < 1.29 is 4.79 Å². The molecule has 1 saturated heterocycles. The van der Waals surface area contributed by atoms with Crippen LogP contribution < -0.4 is 16.0 Å². The van der Waals surface area contributed by atoms with Crippen molar-refractivity contribution in [2.45, 2.75) is 12.8 Å². The summed E-state index contributed by atoms with van der Waals surface area (Å²) >= 11 is 0.